The smallest absolute Gasteiger partial charge is 0.170 e. The molecule has 0 N–H and O–H groups in total. The van der Waals surface area contributed by atoms with Gasteiger partial charge < -0.3 is 0 Å². The fourth-order valence-electron chi connectivity index (χ4n) is 1.16. The highest BCUT2D eigenvalue weighted by atomic mass is 19.1. The summed E-state index contributed by atoms with van der Waals surface area (Å²) in [5, 5.41) is 3.92. The predicted octanol–water partition coefficient (Wildman–Crippen LogP) is 1.82. The zero-order valence-corrected chi connectivity index (χ0v) is 7.22. The lowest BCUT2D eigenvalue weighted by molar-refractivity contribution is 0.111. The number of aromatic nitrogens is 2. The van der Waals surface area contributed by atoms with Gasteiger partial charge in [-0.25, -0.2) is 9.07 Å². The van der Waals surface area contributed by atoms with E-state index in [1.807, 2.05) is 0 Å². The molecule has 2 aromatic rings. The number of carbonyl (C=O) groups excluding carboxylic acids is 1. The van der Waals surface area contributed by atoms with Crippen LogP contribution in [0.25, 0.3) is 5.69 Å². The van der Waals surface area contributed by atoms with Crippen molar-refractivity contribution in [1.29, 1.82) is 0 Å². The number of rotatable bonds is 2. The molecule has 4 heteroatoms. The Morgan fingerprint density at radius 1 is 1.36 bits per heavy atom. The van der Waals surface area contributed by atoms with Crippen LogP contribution in [0.1, 0.15) is 10.5 Å². The van der Waals surface area contributed by atoms with Crippen LogP contribution >= 0.6 is 0 Å². The van der Waals surface area contributed by atoms with Crippen LogP contribution in [0.2, 0.25) is 0 Å². The van der Waals surface area contributed by atoms with E-state index in [1.54, 1.807) is 24.4 Å². The van der Waals surface area contributed by atoms with E-state index in [-0.39, 0.29) is 5.82 Å². The summed E-state index contributed by atoms with van der Waals surface area (Å²) in [6.07, 6.45) is 2.26. The van der Waals surface area contributed by atoms with Crippen LogP contribution in [0.3, 0.4) is 0 Å². The molecule has 0 aliphatic rings. The van der Waals surface area contributed by atoms with Crippen LogP contribution in [0.5, 0.6) is 0 Å². The van der Waals surface area contributed by atoms with Gasteiger partial charge in [0.1, 0.15) is 11.5 Å². The van der Waals surface area contributed by atoms with Gasteiger partial charge in [0.15, 0.2) is 6.29 Å². The summed E-state index contributed by atoms with van der Waals surface area (Å²) >= 11 is 0. The number of aldehydes is 1. The lowest BCUT2D eigenvalue weighted by Gasteiger charge is -1.99. The van der Waals surface area contributed by atoms with Crippen molar-refractivity contribution in [1.82, 2.24) is 9.78 Å². The number of hydrogen-bond acceptors (Lipinski definition) is 2. The number of benzene rings is 1. The minimum Gasteiger partial charge on any atom is -0.296 e. The molecule has 0 bridgehead atoms. The molecular weight excluding hydrogens is 183 g/mol. The predicted molar refractivity (Wildman–Crippen MR) is 48.9 cm³/mol. The highest BCUT2D eigenvalue weighted by molar-refractivity contribution is 5.71. The van der Waals surface area contributed by atoms with Crippen molar-refractivity contribution in [2.45, 2.75) is 0 Å². The van der Waals surface area contributed by atoms with Crippen LogP contribution in [-0.2, 0) is 0 Å². The third-order valence-electron chi connectivity index (χ3n) is 1.80. The summed E-state index contributed by atoms with van der Waals surface area (Å²) < 4.78 is 14.3. The van der Waals surface area contributed by atoms with Crippen molar-refractivity contribution < 1.29 is 9.18 Å². The monoisotopic (exact) mass is 190 g/mol. The Hall–Kier alpha value is -1.97. The molecule has 0 atom stereocenters. The minimum absolute atomic E-state index is 0.328. The standard InChI is InChI=1S/C10H7FN2O/c11-8-2-1-3-10(6-8)13-5-4-9(7-14)12-13/h1-7H. The van der Waals surface area contributed by atoms with Crippen molar-refractivity contribution in [3.05, 3.63) is 48.0 Å². The first-order chi connectivity index (χ1) is 6.79. The van der Waals surface area contributed by atoms with Crippen LogP contribution in [-0.4, -0.2) is 16.1 Å². The Balaban J connectivity index is 2.43. The first-order valence-corrected chi connectivity index (χ1v) is 4.06. The van der Waals surface area contributed by atoms with Gasteiger partial charge in [-0.1, -0.05) is 6.07 Å². The second-order valence-electron chi connectivity index (χ2n) is 2.78. The second kappa shape index (κ2) is 3.41. The molecule has 14 heavy (non-hydrogen) atoms. The molecule has 3 nitrogen and oxygen atoms in total. The number of hydrogen-bond donors (Lipinski definition) is 0. The van der Waals surface area contributed by atoms with Crippen LogP contribution in [0.15, 0.2) is 36.5 Å². The molecule has 0 aliphatic heterocycles. The minimum atomic E-state index is -0.328. The zero-order chi connectivity index (χ0) is 9.97. The van der Waals surface area contributed by atoms with E-state index < -0.39 is 0 Å². The molecular formula is C10H7FN2O. The highest BCUT2D eigenvalue weighted by Gasteiger charge is 2.00. The van der Waals surface area contributed by atoms with Crippen molar-refractivity contribution in [2.24, 2.45) is 0 Å². The van der Waals surface area contributed by atoms with Gasteiger partial charge in [-0.2, -0.15) is 5.10 Å². The molecule has 0 amide bonds. The molecule has 70 valence electrons. The highest BCUT2D eigenvalue weighted by Crippen LogP contribution is 2.08. The summed E-state index contributed by atoms with van der Waals surface area (Å²) in [5.41, 5.74) is 0.923. The van der Waals surface area contributed by atoms with Crippen molar-refractivity contribution in [3.8, 4) is 5.69 Å². The van der Waals surface area contributed by atoms with E-state index in [4.69, 9.17) is 0 Å². The van der Waals surface area contributed by atoms with Gasteiger partial charge in [-0.15, -0.1) is 0 Å². The first kappa shape index (κ1) is 8.62. The van der Waals surface area contributed by atoms with E-state index in [9.17, 15) is 9.18 Å². The third kappa shape index (κ3) is 1.54. The van der Waals surface area contributed by atoms with Gasteiger partial charge in [0.25, 0.3) is 0 Å². The maximum atomic E-state index is 12.8. The molecule has 0 spiro atoms. The topological polar surface area (TPSA) is 34.9 Å². The van der Waals surface area contributed by atoms with Gasteiger partial charge in [-0.05, 0) is 24.3 Å². The quantitative estimate of drug-likeness (QED) is 0.677. The molecule has 1 heterocycles. The summed E-state index contributed by atoms with van der Waals surface area (Å²) in [4.78, 5) is 10.4. The molecule has 0 radical (unpaired) electrons. The molecule has 0 saturated heterocycles. The van der Waals surface area contributed by atoms with Crippen LogP contribution < -0.4 is 0 Å². The van der Waals surface area contributed by atoms with E-state index in [2.05, 4.69) is 5.10 Å². The van der Waals surface area contributed by atoms with E-state index in [1.165, 1.54) is 16.8 Å². The van der Waals surface area contributed by atoms with E-state index >= 15 is 0 Å². The van der Waals surface area contributed by atoms with Gasteiger partial charge in [0, 0.05) is 6.20 Å². The zero-order valence-electron chi connectivity index (χ0n) is 7.22. The first-order valence-electron chi connectivity index (χ1n) is 4.06. The van der Waals surface area contributed by atoms with E-state index in [0.717, 1.165) is 0 Å². The fraction of sp³-hybridized carbons (Fsp3) is 0. The Labute approximate surface area is 79.8 Å². The van der Waals surface area contributed by atoms with Gasteiger partial charge >= 0.3 is 0 Å². The molecule has 0 saturated carbocycles. The van der Waals surface area contributed by atoms with Crippen LogP contribution in [0, 0.1) is 5.82 Å². The Morgan fingerprint density at radius 3 is 2.86 bits per heavy atom. The average molecular weight is 190 g/mol. The van der Waals surface area contributed by atoms with Gasteiger partial charge in [0.05, 0.1) is 5.69 Å². The normalized spacial score (nSPS) is 10.1. The largest absolute Gasteiger partial charge is 0.296 e. The lowest BCUT2D eigenvalue weighted by atomic mass is 10.3. The SMILES string of the molecule is O=Cc1ccn(-c2cccc(F)c2)n1. The molecule has 1 aromatic heterocycles. The molecule has 0 fully saturated rings. The summed E-state index contributed by atoms with van der Waals surface area (Å²) in [6.45, 7) is 0. The summed E-state index contributed by atoms with van der Waals surface area (Å²) in [6, 6.07) is 7.57. The molecule has 1 aromatic carbocycles. The van der Waals surface area contributed by atoms with Crippen LogP contribution in [0.4, 0.5) is 4.39 Å². The molecule has 0 aliphatic carbocycles. The Morgan fingerprint density at radius 2 is 2.21 bits per heavy atom. The third-order valence-corrected chi connectivity index (χ3v) is 1.80. The number of halogens is 1. The van der Waals surface area contributed by atoms with E-state index in [0.29, 0.717) is 17.7 Å². The van der Waals surface area contributed by atoms with Gasteiger partial charge in [-0.3, -0.25) is 4.79 Å². The Bertz CT molecular complexity index is 465. The number of nitrogens with zero attached hydrogens (tertiary/aromatic N) is 2. The summed E-state index contributed by atoms with van der Waals surface area (Å²) in [7, 11) is 0. The maximum Gasteiger partial charge on any atom is 0.170 e. The van der Waals surface area contributed by atoms with Crippen molar-refractivity contribution in [3.63, 3.8) is 0 Å². The number of carbonyl (C=O) groups is 1. The van der Waals surface area contributed by atoms with Crippen molar-refractivity contribution in [2.75, 3.05) is 0 Å². The van der Waals surface area contributed by atoms with Crippen molar-refractivity contribution >= 4 is 6.29 Å². The fourth-order valence-corrected chi connectivity index (χ4v) is 1.16. The average Bonchev–Trinajstić information content (AvgIpc) is 2.66. The van der Waals surface area contributed by atoms with Gasteiger partial charge in [0.2, 0.25) is 0 Å². The second-order valence-corrected chi connectivity index (χ2v) is 2.78. The summed E-state index contributed by atoms with van der Waals surface area (Å²) in [5.74, 6) is -0.328. The Kier molecular flexibility index (Phi) is 2.10. The maximum absolute atomic E-state index is 12.8. The lowest BCUT2D eigenvalue weighted by Crippen LogP contribution is -1.95. The molecule has 0 unspecified atom stereocenters. The molecule has 2 rings (SSSR count).